The predicted octanol–water partition coefficient (Wildman–Crippen LogP) is 3.40. The fraction of sp³-hybridized carbons (Fsp3) is 0.412. The van der Waals surface area contributed by atoms with Gasteiger partial charge in [-0.1, -0.05) is 47.3 Å². The highest BCUT2D eigenvalue weighted by Gasteiger charge is 2.17. The van der Waals surface area contributed by atoms with Crippen LogP contribution in [0.5, 0.6) is 0 Å². The van der Waals surface area contributed by atoms with Crippen LogP contribution in [0.4, 0.5) is 0 Å². The molecule has 0 radical (unpaired) electrons. The van der Waals surface area contributed by atoms with Crippen LogP contribution in [0.1, 0.15) is 37.7 Å². The van der Waals surface area contributed by atoms with Crippen molar-refractivity contribution in [1.29, 1.82) is 5.26 Å². The van der Waals surface area contributed by atoms with Crippen LogP contribution in [0.15, 0.2) is 40.5 Å². The molecule has 2 N–H and O–H groups in total. The minimum Gasteiger partial charge on any atom is -0.386 e. The molecule has 0 atom stereocenters. The first-order valence-corrected chi connectivity index (χ1v) is 8.37. The van der Waals surface area contributed by atoms with Gasteiger partial charge in [-0.3, -0.25) is 4.79 Å². The molecule has 0 aliphatic heterocycles. The van der Waals surface area contributed by atoms with Crippen molar-refractivity contribution >= 4 is 21.8 Å². The van der Waals surface area contributed by atoms with E-state index in [9.17, 15) is 4.79 Å². The van der Waals surface area contributed by atoms with Crippen molar-refractivity contribution in [3.63, 3.8) is 0 Å². The van der Waals surface area contributed by atoms with Crippen molar-refractivity contribution in [2.24, 2.45) is 0 Å². The van der Waals surface area contributed by atoms with Gasteiger partial charge in [-0.25, -0.2) is 0 Å². The Bertz CT molecular complexity index is 569. The summed E-state index contributed by atoms with van der Waals surface area (Å²) in [6.45, 7) is 0.579. The molecule has 5 heteroatoms. The minimum atomic E-state index is -0.280. The van der Waals surface area contributed by atoms with Gasteiger partial charge in [0.1, 0.15) is 11.6 Å². The highest BCUT2D eigenvalue weighted by molar-refractivity contribution is 9.10. The van der Waals surface area contributed by atoms with Crippen molar-refractivity contribution in [2.45, 2.75) is 44.7 Å². The van der Waals surface area contributed by atoms with Gasteiger partial charge < -0.3 is 10.6 Å². The van der Waals surface area contributed by atoms with Crippen LogP contribution in [0.3, 0.4) is 0 Å². The van der Waals surface area contributed by atoms with Crippen molar-refractivity contribution in [3.8, 4) is 6.07 Å². The number of nitrogens with zero attached hydrogens (tertiary/aromatic N) is 1. The van der Waals surface area contributed by atoms with E-state index in [1.54, 1.807) is 0 Å². The number of amides is 1. The van der Waals surface area contributed by atoms with Gasteiger partial charge >= 0.3 is 0 Å². The number of hydrogen-bond donors (Lipinski definition) is 2. The van der Waals surface area contributed by atoms with Gasteiger partial charge in [0.05, 0.1) is 0 Å². The number of nitriles is 1. The van der Waals surface area contributed by atoms with E-state index < -0.39 is 0 Å². The second-order valence-electron chi connectivity index (χ2n) is 5.49. The molecule has 0 bridgehead atoms. The Hall–Kier alpha value is -1.80. The average molecular weight is 362 g/mol. The third kappa shape index (κ3) is 5.19. The SMILES string of the molecule is N#C/C(=C/NCc1ccc(Br)cc1)C(=O)NC1CCCCC1. The van der Waals surface area contributed by atoms with Crippen LogP contribution in [0.2, 0.25) is 0 Å². The average Bonchev–Trinajstić information content (AvgIpc) is 2.54. The third-order valence-corrected chi connectivity index (χ3v) is 4.30. The molecule has 1 aliphatic carbocycles. The van der Waals surface area contributed by atoms with E-state index in [4.69, 9.17) is 5.26 Å². The number of hydrogen-bond acceptors (Lipinski definition) is 3. The van der Waals surface area contributed by atoms with Gasteiger partial charge in [-0.15, -0.1) is 0 Å². The third-order valence-electron chi connectivity index (χ3n) is 3.77. The van der Waals surface area contributed by atoms with Gasteiger partial charge in [0, 0.05) is 23.3 Å². The Labute approximate surface area is 139 Å². The summed E-state index contributed by atoms with van der Waals surface area (Å²) in [5.41, 5.74) is 1.21. The standard InChI is InChI=1S/C17H20BrN3O/c18-15-8-6-13(7-9-15)11-20-12-14(10-19)17(22)21-16-4-2-1-3-5-16/h6-9,12,16,20H,1-5,11H2,(H,21,22)/b14-12-. The summed E-state index contributed by atoms with van der Waals surface area (Å²) in [6.07, 6.45) is 7.06. The molecule has 0 spiro atoms. The molecule has 0 aromatic heterocycles. The van der Waals surface area contributed by atoms with Gasteiger partial charge in [-0.05, 0) is 30.5 Å². The second kappa shape index (κ2) is 8.60. The van der Waals surface area contributed by atoms with Crippen molar-refractivity contribution < 1.29 is 4.79 Å². The number of carbonyl (C=O) groups excluding carboxylic acids is 1. The van der Waals surface area contributed by atoms with Crippen LogP contribution in [0, 0.1) is 11.3 Å². The van der Waals surface area contributed by atoms with Crippen molar-refractivity contribution in [2.75, 3.05) is 0 Å². The Balaban J connectivity index is 1.85. The molecule has 0 saturated heterocycles. The van der Waals surface area contributed by atoms with Crippen LogP contribution in [0.25, 0.3) is 0 Å². The molecule has 116 valence electrons. The largest absolute Gasteiger partial charge is 0.386 e. The van der Waals surface area contributed by atoms with Crippen LogP contribution in [-0.2, 0) is 11.3 Å². The number of halogens is 1. The van der Waals surface area contributed by atoms with E-state index in [-0.39, 0.29) is 17.5 Å². The fourth-order valence-electron chi connectivity index (χ4n) is 2.53. The lowest BCUT2D eigenvalue weighted by atomic mass is 9.95. The molecule has 1 aromatic carbocycles. The lowest BCUT2D eigenvalue weighted by Gasteiger charge is -2.22. The maximum atomic E-state index is 12.1. The summed E-state index contributed by atoms with van der Waals surface area (Å²) in [4.78, 5) is 12.1. The summed E-state index contributed by atoms with van der Waals surface area (Å²) in [5, 5.41) is 15.1. The maximum absolute atomic E-state index is 12.1. The normalized spacial score (nSPS) is 15.9. The van der Waals surface area contributed by atoms with Crippen LogP contribution >= 0.6 is 15.9 Å². The first-order chi connectivity index (χ1) is 10.7. The smallest absolute Gasteiger partial charge is 0.263 e. The Morgan fingerprint density at radius 1 is 1.27 bits per heavy atom. The highest BCUT2D eigenvalue weighted by Crippen LogP contribution is 2.17. The lowest BCUT2D eigenvalue weighted by molar-refractivity contribution is -0.118. The zero-order valence-electron chi connectivity index (χ0n) is 12.4. The molecule has 1 aromatic rings. The van der Waals surface area contributed by atoms with Crippen molar-refractivity contribution in [3.05, 3.63) is 46.1 Å². The van der Waals surface area contributed by atoms with Crippen LogP contribution in [-0.4, -0.2) is 11.9 Å². The second-order valence-corrected chi connectivity index (χ2v) is 6.40. The minimum absolute atomic E-state index is 0.127. The summed E-state index contributed by atoms with van der Waals surface area (Å²) in [5.74, 6) is -0.280. The molecule has 1 saturated carbocycles. The molecular weight excluding hydrogens is 342 g/mol. The summed E-state index contributed by atoms with van der Waals surface area (Å²) in [7, 11) is 0. The Morgan fingerprint density at radius 2 is 1.95 bits per heavy atom. The van der Waals surface area contributed by atoms with E-state index in [1.165, 1.54) is 12.6 Å². The van der Waals surface area contributed by atoms with Gasteiger partial charge in [0.15, 0.2) is 0 Å². The first-order valence-electron chi connectivity index (χ1n) is 7.58. The van der Waals surface area contributed by atoms with E-state index in [2.05, 4.69) is 26.6 Å². The number of nitrogens with one attached hydrogen (secondary N) is 2. The predicted molar refractivity (Wildman–Crippen MR) is 89.7 cm³/mol. The molecule has 1 fully saturated rings. The molecule has 1 amide bonds. The molecule has 0 unspecified atom stereocenters. The summed E-state index contributed by atoms with van der Waals surface area (Å²) in [6, 6.07) is 10.1. The van der Waals surface area contributed by atoms with Crippen molar-refractivity contribution in [1.82, 2.24) is 10.6 Å². The topological polar surface area (TPSA) is 64.9 Å². The fourth-order valence-corrected chi connectivity index (χ4v) is 2.80. The molecule has 4 nitrogen and oxygen atoms in total. The Kier molecular flexibility index (Phi) is 6.47. The number of rotatable bonds is 5. The van der Waals surface area contributed by atoms with Gasteiger partial charge in [-0.2, -0.15) is 5.26 Å². The maximum Gasteiger partial charge on any atom is 0.263 e. The molecule has 2 rings (SSSR count). The quantitative estimate of drug-likeness (QED) is 0.623. The zero-order chi connectivity index (χ0) is 15.8. The number of carbonyl (C=O) groups is 1. The van der Waals surface area contributed by atoms with E-state index in [0.29, 0.717) is 6.54 Å². The van der Waals surface area contributed by atoms with E-state index >= 15 is 0 Å². The molecular formula is C17H20BrN3O. The monoisotopic (exact) mass is 361 g/mol. The Morgan fingerprint density at radius 3 is 2.59 bits per heavy atom. The summed E-state index contributed by atoms with van der Waals surface area (Å²) < 4.78 is 1.02. The van der Waals surface area contributed by atoms with E-state index in [1.807, 2.05) is 30.3 Å². The molecule has 1 aliphatic rings. The van der Waals surface area contributed by atoms with Crippen LogP contribution < -0.4 is 10.6 Å². The zero-order valence-corrected chi connectivity index (χ0v) is 14.0. The van der Waals surface area contributed by atoms with E-state index in [0.717, 1.165) is 35.7 Å². The molecule has 22 heavy (non-hydrogen) atoms. The number of benzene rings is 1. The summed E-state index contributed by atoms with van der Waals surface area (Å²) >= 11 is 3.39. The van der Waals surface area contributed by atoms with Gasteiger partial charge in [0.2, 0.25) is 0 Å². The highest BCUT2D eigenvalue weighted by atomic mass is 79.9. The molecule has 0 heterocycles. The van der Waals surface area contributed by atoms with Gasteiger partial charge in [0.25, 0.3) is 5.91 Å². The first kappa shape index (κ1) is 16.6. The lowest BCUT2D eigenvalue weighted by Crippen LogP contribution is -2.37.